The maximum absolute atomic E-state index is 12.5. The van der Waals surface area contributed by atoms with Crippen LogP contribution in [0.1, 0.15) is 43.2 Å². The van der Waals surface area contributed by atoms with Crippen LogP contribution in [0.5, 0.6) is 0 Å². The van der Waals surface area contributed by atoms with E-state index in [9.17, 15) is 22.8 Å². The van der Waals surface area contributed by atoms with Gasteiger partial charge in [-0.1, -0.05) is 12.1 Å². The topological polar surface area (TPSA) is 72.2 Å². The van der Waals surface area contributed by atoms with Crippen LogP contribution in [0, 0.1) is 5.41 Å². The van der Waals surface area contributed by atoms with Crippen molar-refractivity contribution in [2.75, 3.05) is 0 Å². The lowest BCUT2D eigenvalue weighted by molar-refractivity contribution is -0.151. The smallest absolute Gasteiger partial charge is 0.351 e. The van der Waals surface area contributed by atoms with Gasteiger partial charge in [-0.15, -0.1) is 0 Å². The lowest BCUT2D eigenvalue weighted by Crippen LogP contribution is -2.61. The number of nitrogens with two attached hydrogens (primary N) is 1. The molecule has 3 aliphatic rings. The second-order valence-electron chi connectivity index (χ2n) is 6.92. The van der Waals surface area contributed by atoms with E-state index in [1.54, 1.807) is 0 Å². The second kappa shape index (κ2) is 5.58. The number of hydrogen-bond donors (Lipinski definition) is 2. The number of alkyl halides is 3. The zero-order valence-electron chi connectivity index (χ0n) is 13.1. The number of amides is 1. The van der Waals surface area contributed by atoms with Gasteiger partial charge < -0.3 is 11.1 Å². The summed E-state index contributed by atoms with van der Waals surface area (Å²) in [6.07, 6.45) is -1.98. The number of Topliss-reactive ketones (excluding diaryl/α,β-unsaturated/α-hetero) is 1. The van der Waals surface area contributed by atoms with Crippen molar-refractivity contribution >= 4 is 11.7 Å². The maximum atomic E-state index is 12.5. The van der Waals surface area contributed by atoms with Gasteiger partial charge in [0.05, 0.1) is 5.56 Å². The number of ketones is 1. The minimum absolute atomic E-state index is 0.0970. The molecule has 3 aliphatic carbocycles. The minimum atomic E-state index is -4.38. The molecular weight excluding hydrogens is 321 g/mol. The highest BCUT2D eigenvalue weighted by molar-refractivity contribution is 6.07. The zero-order chi connectivity index (χ0) is 17.6. The summed E-state index contributed by atoms with van der Waals surface area (Å²) in [5.41, 5.74) is 4.47. The van der Waals surface area contributed by atoms with Gasteiger partial charge in [-0.3, -0.25) is 9.59 Å². The van der Waals surface area contributed by atoms with Crippen LogP contribution in [0.25, 0.3) is 0 Å². The summed E-state index contributed by atoms with van der Waals surface area (Å²) < 4.78 is 37.6. The van der Waals surface area contributed by atoms with E-state index in [1.165, 1.54) is 12.1 Å². The quantitative estimate of drug-likeness (QED) is 0.831. The van der Waals surface area contributed by atoms with Crippen molar-refractivity contribution in [3.05, 3.63) is 35.4 Å². The molecule has 0 aromatic heterocycles. The normalized spacial score (nSPS) is 29.6. The number of hydrogen-bond acceptors (Lipinski definition) is 3. The summed E-state index contributed by atoms with van der Waals surface area (Å²) >= 11 is 0. The van der Waals surface area contributed by atoms with Gasteiger partial charge in [0.25, 0.3) is 0 Å². The zero-order valence-corrected chi connectivity index (χ0v) is 13.1. The van der Waals surface area contributed by atoms with E-state index in [4.69, 9.17) is 5.73 Å². The van der Waals surface area contributed by atoms with Crippen LogP contribution in [-0.2, 0) is 22.3 Å². The Bertz CT molecular complexity index is 659. The van der Waals surface area contributed by atoms with Crippen molar-refractivity contribution in [3.8, 4) is 0 Å². The van der Waals surface area contributed by atoms with Crippen molar-refractivity contribution in [3.63, 3.8) is 0 Å². The number of benzene rings is 1. The van der Waals surface area contributed by atoms with Crippen LogP contribution in [-0.4, -0.2) is 17.2 Å². The highest BCUT2D eigenvalue weighted by Crippen LogP contribution is 2.49. The van der Waals surface area contributed by atoms with Gasteiger partial charge >= 0.3 is 6.18 Å². The molecule has 2 bridgehead atoms. The number of carbonyl (C=O) groups excluding carboxylic acids is 2. The molecule has 4 nitrogen and oxygen atoms in total. The Morgan fingerprint density at radius 1 is 1.12 bits per heavy atom. The number of nitrogens with one attached hydrogen (secondary N) is 1. The molecule has 3 saturated carbocycles. The van der Waals surface area contributed by atoms with Gasteiger partial charge in [0.15, 0.2) is 0 Å². The van der Waals surface area contributed by atoms with Gasteiger partial charge in [0.1, 0.15) is 11.2 Å². The van der Waals surface area contributed by atoms with Gasteiger partial charge in [-0.25, -0.2) is 0 Å². The first kappa shape index (κ1) is 17.0. The molecule has 1 amide bonds. The van der Waals surface area contributed by atoms with E-state index in [2.05, 4.69) is 5.32 Å². The standard InChI is InChI=1S/C17H19F3N2O2/c18-17(19,20)12-3-1-11(2-4-12)10-22-14(24)16-7-5-15(21,6-8-16)9-13(16)23/h1-4H,5-10,21H2,(H,22,24). The number of rotatable bonds is 3. The van der Waals surface area contributed by atoms with Crippen LogP contribution in [0.2, 0.25) is 0 Å². The third-order valence-electron chi connectivity index (χ3n) is 5.31. The highest BCUT2D eigenvalue weighted by atomic mass is 19.4. The van der Waals surface area contributed by atoms with Gasteiger partial charge in [-0.05, 0) is 43.4 Å². The summed E-state index contributed by atoms with van der Waals surface area (Å²) in [5, 5.41) is 2.70. The maximum Gasteiger partial charge on any atom is 0.416 e. The molecule has 0 radical (unpaired) electrons. The molecular formula is C17H19F3N2O2. The molecule has 1 aromatic carbocycles. The van der Waals surface area contributed by atoms with Crippen LogP contribution >= 0.6 is 0 Å². The lowest BCUT2D eigenvalue weighted by atomic mass is 9.56. The molecule has 4 rings (SSSR count). The third-order valence-corrected chi connectivity index (χ3v) is 5.31. The lowest BCUT2D eigenvalue weighted by Gasteiger charge is -2.49. The SMILES string of the molecule is NC12CCC(C(=O)NCc3ccc(C(F)(F)F)cc3)(CC1)C(=O)C2. The Morgan fingerprint density at radius 3 is 2.21 bits per heavy atom. The average molecular weight is 340 g/mol. The van der Waals surface area contributed by atoms with Gasteiger partial charge in [0, 0.05) is 18.5 Å². The third kappa shape index (κ3) is 2.92. The van der Waals surface area contributed by atoms with Crippen LogP contribution in [0.4, 0.5) is 13.2 Å². The fraction of sp³-hybridized carbons (Fsp3) is 0.529. The first-order valence-corrected chi connectivity index (χ1v) is 7.91. The number of fused-ring (bicyclic) bond motifs is 3. The van der Waals surface area contributed by atoms with E-state index in [-0.39, 0.29) is 24.7 Å². The van der Waals surface area contributed by atoms with E-state index in [0.717, 1.165) is 12.1 Å². The van der Waals surface area contributed by atoms with E-state index >= 15 is 0 Å². The van der Waals surface area contributed by atoms with Crippen molar-refractivity contribution in [2.24, 2.45) is 11.1 Å². The van der Waals surface area contributed by atoms with Crippen molar-refractivity contribution in [1.29, 1.82) is 0 Å². The molecule has 0 atom stereocenters. The van der Waals surface area contributed by atoms with Crippen LogP contribution in [0.3, 0.4) is 0 Å². The van der Waals surface area contributed by atoms with Crippen molar-refractivity contribution in [2.45, 2.75) is 50.4 Å². The van der Waals surface area contributed by atoms with E-state index in [1.807, 2.05) is 0 Å². The van der Waals surface area contributed by atoms with E-state index in [0.29, 0.717) is 31.2 Å². The second-order valence-corrected chi connectivity index (χ2v) is 6.92. The fourth-order valence-electron chi connectivity index (χ4n) is 3.64. The fourth-order valence-corrected chi connectivity index (χ4v) is 3.64. The Balaban J connectivity index is 1.65. The van der Waals surface area contributed by atoms with Crippen molar-refractivity contribution < 1.29 is 22.8 Å². The Labute approximate surface area is 137 Å². The molecule has 130 valence electrons. The highest BCUT2D eigenvalue weighted by Gasteiger charge is 2.56. The first-order valence-electron chi connectivity index (χ1n) is 7.91. The Hall–Kier alpha value is -1.89. The largest absolute Gasteiger partial charge is 0.416 e. The predicted molar refractivity (Wildman–Crippen MR) is 80.7 cm³/mol. The summed E-state index contributed by atoms with van der Waals surface area (Å²) in [6, 6.07) is 4.62. The van der Waals surface area contributed by atoms with E-state index < -0.39 is 22.7 Å². The summed E-state index contributed by atoms with van der Waals surface area (Å²) in [6.45, 7) is 0.0970. The molecule has 0 saturated heterocycles. The van der Waals surface area contributed by atoms with Gasteiger partial charge in [-0.2, -0.15) is 13.2 Å². The molecule has 1 aromatic rings. The van der Waals surface area contributed by atoms with Crippen LogP contribution in [0.15, 0.2) is 24.3 Å². The summed E-state index contributed by atoms with van der Waals surface area (Å²) in [4.78, 5) is 24.9. The Kier molecular flexibility index (Phi) is 3.94. The van der Waals surface area contributed by atoms with Crippen molar-refractivity contribution in [1.82, 2.24) is 5.32 Å². The molecule has 0 heterocycles. The molecule has 0 aliphatic heterocycles. The molecule has 3 N–H and O–H groups in total. The predicted octanol–water partition coefficient (Wildman–Crippen LogP) is 2.55. The molecule has 3 fully saturated rings. The molecule has 0 unspecified atom stereocenters. The van der Waals surface area contributed by atoms with Gasteiger partial charge in [0.2, 0.25) is 5.91 Å². The molecule has 0 spiro atoms. The first-order chi connectivity index (χ1) is 11.1. The monoisotopic (exact) mass is 340 g/mol. The minimum Gasteiger partial charge on any atom is -0.351 e. The average Bonchev–Trinajstić information content (AvgIpc) is 2.52. The number of carbonyl (C=O) groups is 2. The summed E-state index contributed by atoms with van der Waals surface area (Å²) in [5.74, 6) is -0.457. The Morgan fingerprint density at radius 2 is 1.71 bits per heavy atom. The number of halogens is 3. The van der Waals surface area contributed by atoms with Crippen LogP contribution < -0.4 is 11.1 Å². The molecule has 7 heteroatoms. The molecule has 24 heavy (non-hydrogen) atoms. The summed E-state index contributed by atoms with van der Waals surface area (Å²) in [7, 11) is 0.